The third-order valence-corrected chi connectivity index (χ3v) is 9.11. The number of nitrogens with two attached hydrogens (primary N) is 1. The molecule has 0 radical (unpaired) electrons. The van der Waals surface area contributed by atoms with Crippen LogP contribution in [0.4, 0.5) is 24.7 Å². The average Bonchev–Trinajstić information content (AvgIpc) is 3.53. The van der Waals surface area contributed by atoms with Crippen LogP contribution in [0.3, 0.4) is 0 Å². The Hall–Kier alpha value is -4.34. The third kappa shape index (κ3) is 5.41. The molecule has 0 amide bonds. The standard InChI is InChI=1S/C34H36F3N7O2/c1-5-24-26(36)9-6-18-10-20(38)12-25(27(18)24)30-29(37)31-28(33(40-30)46-17(2)3)32(44-14-21-7-8-22(15-44)39-21)42-34(41-31)45-16-23-11-19(35)13-43(23)4/h1,6,9-10,12,17,19,21-23,39H,7-8,11,13-16,38H2,2-4H3/t19-,21?,22?,23-/m0/s1. The molecule has 2 aromatic carbocycles. The zero-order chi connectivity index (χ0) is 32.3. The molecule has 3 fully saturated rings. The number of anilines is 2. The first-order valence-electron chi connectivity index (χ1n) is 15.6. The van der Waals surface area contributed by atoms with E-state index in [0.717, 1.165) is 12.8 Å². The quantitative estimate of drug-likeness (QED) is 0.219. The molecule has 0 spiro atoms. The number of piperazine rings is 1. The minimum Gasteiger partial charge on any atom is -0.474 e. The van der Waals surface area contributed by atoms with Crippen LogP contribution in [0.15, 0.2) is 24.3 Å². The van der Waals surface area contributed by atoms with E-state index in [-0.39, 0.29) is 65.1 Å². The van der Waals surface area contributed by atoms with Crippen LogP contribution in [0.5, 0.6) is 11.9 Å². The molecule has 0 aliphatic carbocycles. The Morgan fingerprint density at radius 2 is 1.85 bits per heavy atom. The number of benzene rings is 2. The fourth-order valence-corrected chi connectivity index (χ4v) is 7.02. The van der Waals surface area contributed by atoms with Gasteiger partial charge in [0.25, 0.3) is 0 Å². The minimum absolute atomic E-state index is 0.0318. The molecule has 7 rings (SSSR count). The minimum atomic E-state index is -0.948. The predicted molar refractivity (Wildman–Crippen MR) is 172 cm³/mol. The van der Waals surface area contributed by atoms with E-state index >= 15 is 4.39 Å². The van der Waals surface area contributed by atoms with Gasteiger partial charge in [-0.1, -0.05) is 12.0 Å². The summed E-state index contributed by atoms with van der Waals surface area (Å²) in [7, 11) is 1.84. The highest BCUT2D eigenvalue weighted by Gasteiger charge is 2.36. The molecule has 4 atom stereocenters. The normalized spacial score (nSPS) is 23.0. The SMILES string of the molecule is C#Cc1c(F)ccc2cc(N)cc(-c3nc(OC(C)C)c4c(N5CC6CCC(C5)N6)nc(OC[C@@H]5C[C@H](F)CN5C)nc4c3F)c12. The summed E-state index contributed by atoms with van der Waals surface area (Å²) in [5, 5.41) is 4.75. The van der Waals surface area contributed by atoms with Crippen LogP contribution in [-0.2, 0) is 0 Å². The Balaban J connectivity index is 1.46. The Bertz CT molecular complexity index is 1870. The molecular formula is C34H36F3N7O2. The second kappa shape index (κ2) is 11.8. The highest BCUT2D eigenvalue weighted by Crippen LogP contribution is 2.42. The number of aromatic nitrogens is 3. The van der Waals surface area contributed by atoms with E-state index in [2.05, 4.69) is 21.1 Å². The molecule has 0 saturated carbocycles. The van der Waals surface area contributed by atoms with Crippen LogP contribution in [0, 0.1) is 24.0 Å². The number of alkyl halides is 1. The van der Waals surface area contributed by atoms with Crippen molar-refractivity contribution in [2.45, 2.75) is 63.5 Å². The summed E-state index contributed by atoms with van der Waals surface area (Å²) in [6.45, 7) is 5.43. The van der Waals surface area contributed by atoms with Gasteiger partial charge in [0.15, 0.2) is 5.82 Å². The number of likely N-dealkylation sites (N-methyl/N-ethyl adjacent to an activating group) is 1. The lowest BCUT2D eigenvalue weighted by molar-refractivity contribution is 0.188. The molecule has 46 heavy (non-hydrogen) atoms. The van der Waals surface area contributed by atoms with Crippen LogP contribution in [0.2, 0.25) is 0 Å². The summed E-state index contributed by atoms with van der Waals surface area (Å²) in [6, 6.07) is 6.27. The fourth-order valence-electron chi connectivity index (χ4n) is 7.02. The third-order valence-electron chi connectivity index (χ3n) is 9.11. The number of likely N-dealkylation sites (tertiary alicyclic amines) is 1. The predicted octanol–water partition coefficient (Wildman–Crippen LogP) is 4.84. The summed E-state index contributed by atoms with van der Waals surface area (Å²) in [4.78, 5) is 18.1. The maximum atomic E-state index is 17.1. The van der Waals surface area contributed by atoms with Gasteiger partial charge >= 0.3 is 6.01 Å². The van der Waals surface area contributed by atoms with Crippen LogP contribution in [0.25, 0.3) is 32.9 Å². The number of nitrogen functional groups attached to an aromatic ring is 1. The number of nitrogens with one attached hydrogen (secondary N) is 1. The van der Waals surface area contributed by atoms with Gasteiger partial charge in [-0.25, -0.2) is 18.2 Å². The molecular weight excluding hydrogens is 595 g/mol. The number of hydrogen-bond donors (Lipinski definition) is 2. The van der Waals surface area contributed by atoms with Gasteiger partial charge in [-0.05, 0) is 63.7 Å². The second-order valence-electron chi connectivity index (χ2n) is 12.8. The first-order chi connectivity index (χ1) is 22.1. The van der Waals surface area contributed by atoms with Crippen molar-refractivity contribution in [3.05, 3.63) is 41.5 Å². The molecule has 240 valence electrons. The van der Waals surface area contributed by atoms with Crippen LogP contribution in [0.1, 0.15) is 38.7 Å². The summed E-state index contributed by atoms with van der Waals surface area (Å²) >= 11 is 0. The van der Waals surface area contributed by atoms with E-state index in [1.54, 1.807) is 12.1 Å². The zero-order valence-corrected chi connectivity index (χ0v) is 26.0. The lowest BCUT2D eigenvalue weighted by atomic mass is 9.95. The van der Waals surface area contributed by atoms with Crippen molar-refractivity contribution >= 4 is 33.2 Å². The number of rotatable bonds is 7. The summed E-state index contributed by atoms with van der Waals surface area (Å²) in [5.41, 5.74) is 6.54. The molecule has 3 saturated heterocycles. The number of pyridine rings is 1. The summed E-state index contributed by atoms with van der Waals surface area (Å²) < 4.78 is 58.5. The fraction of sp³-hybridized carbons (Fsp3) is 0.441. The van der Waals surface area contributed by atoms with Gasteiger partial charge in [-0.3, -0.25) is 4.90 Å². The lowest BCUT2D eigenvalue weighted by Gasteiger charge is -2.34. The molecule has 2 aromatic heterocycles. The number of halogens is 3. The average molecular weight is 632 g/mol. The number of hydrogen-bond acceptors (Lipinski definition) is 9. The number of nitrogens with zero attached hydrogens (tertiary/aromatic N) is 5. The van der Waals surface area contributed by atoms with E-state index in [1.807, 2.05) is 25.8 Å². The van der Waals surface area contributed by atoms with Gasteiger partial charge in [-0.15, -0.1) is 6.42 Å². The van der Waals surface area contributed by atoms with Gasteiger partial charge in [0.1, 0.15) is 41.0 Å². The van der Waals surface area contributed by atoms with E-state index in [1.165, 1.54) is 12.1 Å². The van der Waals surface area contributed by atoms with Gasteiger partial charge in [0.2, 0.25) is 5.88 Å². The highest BCUT2D eigenvalue weighted by molar-refractivity contribution is 6.04. The van der Waals surface area contributed by atoms with Crippen molar-refractivity contribution < 1.29 is 22.6 Å². The Kier molecular flexibility index (Phi) is 7.77. The molecule has 9 nitrogen and oxygen atoms in total. The highest BCUT2D eigenvalue weighted by atomic mass is 19.1. The lowest BCUT2D eigenvalue weighted by Crippen LogP contribution is -2.51. The van der Waals surface area contributed by atoms with E-state index in [0.29, 0.717) is 53.7 Å². The van der Waals surface area contributed by atoms with Crippen molar-refractivity contribution in [2.75, 3.05) is 43.9 Å². The summed E-state index contributed by atoms with van der Waals surface area (Å²) in [5.74, 6) is 1.58. The maximum absolute atomic E-state index is 17.1. The van der Waals surface area contributed by atoms with E-state index in [9.17, 15) is 8.78 Å². The van der Waals surface area contributed by atoms with Crippen molar-refractivity contribution in [2.24, 2.45) is 0 Å². The monoisotopic (exact) mass is 631 g/mol. The Morgan fingerprint density at radius 3 is 2.52 bits per heavy atom. The van der Waals surface area contributed by atoms with Crippen LogP contribution >= 0.6 is 0 Å². The first-order valence-corrected chi connectivity index (χ1v) is 15.6. The molecule has 3 aliphatic heterocycles. The smallest absolute Gasteiger partial charge is 0.319 e. The van der Waals surface area contributed by atoms with Gasteiger partial charge in [-0.2, -0.15) is 9.97 Å². The first kappa shape index (κ1) is 30.3. The second-order valence-corrected chi connectivity index (χ2v) is 12.8. The van der Waals surface area contributed by atoms with Gasteiger partial charge < -0.3 is 25.4 Å². The Labute approximate surface area is 265 Å². The number of fused-ring (bicyclic) bond motifs is 4. The molecule has 2 unspecified atom stereocenters. The van der Waals surface area contributed by atoms with Crippen molar-refractivity contribution in [1.29, 1.82) is 0 Å². The molecule has 3 aliphatic rings. The maximum Gasteiger partial charge on any atom is 0.319 e. The van der Waals surface area contributed by atoms with Crippen molar-refractivity contribution in [3.8, 4) is 35.5 Å². The molecule has 2 bridgehead atoms. The number of terminal acetylenes is 1. The number of ether oxygens (including phenoxy) is 2. The van der Waals surface area contributed by atoms with Gasteiger partial charge in [0, 0.05) is 54.4 Å². The summed E-state index contributed by atoms with van der Waals surface area (Å²) in [6.07, 6.45) is 6.83. The molecule has 3 N–H and O–H groups in total. The van der Waals surface area contributed by atoms with Crippen molar-refractivity contribution in [1.82, 2.24) is 25.2 Å². The van der Waals surface area contributed by atoms with E-state index < -0.39 is 17.8 Å². The topological polar surface area (TPSA) is 102 Å². The van der Waals surface area contributed by atoms with Gasteiger partial charge in [0.05, 0.1) is 11.7 Å². The Morgan fingerprint density at radius 1 is 1.09 bits per heavy atom. The van der Waals surface area contributed by atoms with Crippen LogP contribution in [-0.4, -0.2) is 83.5 Å². The molecule has 4 aromatic rings. The zero-order valence-electron chi connectivity index (χ0n) is 26.0. The molecule has 5 heterocycles. The molecule has 12 heteroatoms. The van der Waals surface area contributed by atoms with Crippen molar-refractivity contribution in [3.63, 3.8) is 0 Å². The van der Waals surface area contributed by atoms with E-state index in [4.69, 9.17) is 31.6 Å². The van der Waals surface area contributed by atoms with Crippen LogP contribution < -0.4 is 25.4 Å². The largest absolute Gasteiger partial charge is 0.474 e.